The maximum absolute atomic E-state index is 4.52. The highest BCUT2D eigenvalue weighted by atomic mass is 16.0. The summed E-state index contributed by atoms with van der Waals surface area (Å²) in [6.07, 6.45) is 3.96. The number of aromatic amines is 1. The molecule has 4 rings (SSSR count). The van der Waals surface area contributed by atoms with Gasteiger partial charge in [-0.3, -0.25) is 0 Å². The van der Waals surface area contributed by atoms with Gasteiger partial charge in [-0.05, 0) is 6.92 Å². The molecule has 4 nitrogen and oxygen atoms in total. The summed E-state index contributed by atoms with van der Waals surface area (Å²) in [5.74, 6) is 0. The average molecular weight is 277 g/mol. The Bertz CT molecular complexity index is 910. The summed E-state index contributed by atoms with van der Waals surface area (Å²) in [5, 5.41) is 5.78. The van der Waals surface area contributed by atoms with Crippen molar-refractivity contribution >= 4 is 21.8 Å². The first-order valence-corrected chi connectivity index (χ1v) is 6.66. The Labute approximate surface area is 122 Å². The van der Waals surface area contributed by atoms with Gasteiger partial charge < -0.3 is 5.48 Å². The molecule has 0 saturated carbocycles. The van der Waals surface area contributed by atoms with Crippen molar-refractivity contribution in [2.45, 2.75) is 6.92 Å². The molecule has 0 aliphatic heterocycles. The number of nitrogens with zero attached hydrogens (tertiary/aromatic N) is 2. The van der Waals surface area contributed by atoms with Gasteiger partial charge in [0.25, 0.3) is 0 Å². The third-order valence-electron chi connectivity index (χ3n) is 3.62. The number of rotatable bonds is 1. The lowest BCUT2D eigenvalue weighted by Crippen LogP contribution is -2.31. The summed E-state index contributed by atoms with van der Waals surface area (Å²) >= 11 is 0. The summed E-state index contributed by atoms with van der Waals surface area (Å²) in [4.78, 5) is 4.52. The van der Waals surface area contributed by atoms with Gasteiger partial charge in [0.1, 0.15) is 5.52 Å². The van der Waals surface area contributed by atoms with E-state index in [4.69, 9.17) is 0 Å². The number of benzene rings is 2. The highest BCUT2D eigenvalue weighted by Gasteiger charge is 2.13. The number of hydrogen-bond acceptors (Lipinski definition) is 2. The zero-order valence-electron chi connectivity index (χ0n) is 11.6. The SMILES string of the molecule is Cc1ccc(-[n+]2cc3ncc4ccccc4c3[nH]2)cc1.[OH-]. The van der Waals surface area contributed by atoms with Crippen LogP contribution in [0.4, 0.5) is 0 Å². The van der Waals surface area contributed by atoms with Crippen LogP contribution in [0.1, 0.15) is 5.56 Å². The van der Waals surface area contributed by atoms with Crippen LogP contribution in [-0.2, 0) is 0 Å². The highest BCUT2D eigenvalue weighted by Crippen LogP contribution is 2.20. The Morgan fingerprint density at radius 2 is 1.76 bits per heavy atom. The second-order valence-electron chi connectivity index (χ2n) is 5.05. The first kappa shape index (κ1) is 13.3. The van der Waals surface area contributed by atoms with Crippen LogP contribution in [0.25, 0.3) is 27.5 Å². The normalized spacial score (nSPS) is 10.7. The predicted molar refractivity (Wildman–Crippen MR) is 81.8 cm³/mol. The molecule has 0 aliphatic carbocycles. The van der Waals surface area contributed by atoms with E-state index in [2.05, 4.69) is 59.5 Å². The standard InChI is InChI=1S/C17H13N3.H2O/c1-12-6-8-14(9-7-12)20-11-16-17(19-20)15-5-3-2-4-13(15)10-18-16;/h2-11H,1H3;1H2. The molecule has 0 amide bonds. The summed E-state index contributed by atoms with van der Waals surface area (Å²) < 4.78 is 2.02. The molecule has 21 heavy (non-hydrogen) atoms. The van der Waals surface area contributed by atoms with Crippen LogP contribution >= 0.6 is 0 Å². The van der Waals surface area contributed by atoms with Gasteiger partial charge in [0.05, 0.1) is 0 Å². The van der Waals surface area contributed by atoms with Crippen LogP contribution in [0, 0.1) is 6.92 Å². The number of aromatic nitrogens is 3. The van der Waals surface area contributed by atoms with E-state index in [1.165, 1.54) is 10.9 Å². The van der Waals surface area contributed by atoms with Crippen molar-refractivity contribution in [3.63, 3.8) is 0 Å². The van der Waals surface area contributed by atoms with Crippen molar-refractivity contribution in [1.29, 1.82) is 0 Å². The summed E-state index contributed by atoms with van der Waals surface area (Å²) in [6, 6.07) is 16.7. The van der Waals surface area contributed by atoms with Crippen LogP contribution in [0.15, 0.2) is 60.9 Å². The van der Waals surface area contributed by atoms with Gasteiger partial charge in [-0.25, -0.2) is 4.98 Å². The Kier molecular flexibility index (Phi) is 3.16. The second kappa shape index (κ2) is 5.00. The molecule has 0 bridgehead atoms. The topological polar surface area (TPSA) is 62.6 Å². The van der Waals surface area contributed by atoms with E-state index in [1.54, 1.807) is 0 Å². The maximum atomic E-state index is 4.52. The fraction of sp³-hybridized carbons (Fsp3) is 0.0588. The van der Waals surface area contributed by atoms with Crippen LogP contribution in [0.5, 0.6) is 0 Å². The fourth-order valence-electron chi connectivity index (χ4n) is 2.51. The van der Waals surface area contributed by atoms with Gasteiger partial charge >= 0.3 is 0 Å². The Morgan fingerprint density at radius 1 is 1.00 bits per heavy atom. The van der Waals surface area contributed by atoms with Gasteiger partial charge in [-0.2, -0.15) is 5.10 Å². The van der Waals surface area contributed by atoms with E-state index in [0.29, 0.717) is 0 Å². The van der Waals surface area contributed by atoms with Crippen LogP contribution in [0.2, 0.25) is 0 Å². The minimum Gasteiger partial charge on any atom is -0.870 e. The Hall–Kier alpha value is -2.72. The predicted octanol–water partition coefficient (Wildman–Crippen LogP) is 3.12. The molecule has 104 valence electrons. The van der Waals surface area contributed by atoms with E-state index in [0.717, 1.165) is 22.1 Å². The number of aryl methyl sites for hydroxylation is 1. The molecule has 0 unspecified atom stereocenters. The molecule has 0 spiro atoms. The number of pyridine rings is 1. The van der Waals surface area contributed by atoms with E-state index in [9.17, 15) is 0 Å². The number of fused-ring (bicyclic) bond motifs is 3. The third kappa shape index (κ3) is 2.15. The second-order valence-corrected chi connectivity index (χ2v) is 5.05. The van der Waals surface area contributed by atoms with Gasteiger partial charge in [0.2, 0.25) is 11.9 Å². The van der Waals surface area contributed by atoms with Crippen molar-refractivity contribution < 1.29 is 10.2 Å². The van der Waals surface area contributed by atoms with Crippen molar-refractivity contribution in [3.05, 3.63) is 66.5 Å². The number of H-pyrrole nitrogens is 1. The Morgan fingerprint density at radius 3 is 2.57 bits per heavy atom. The summed E-state index contributed by atoms with van der Waals surface area (Å²) in [6.45, 7) is 2.09. The number of nitrogens with one attached hydrogen (secondary N) is 1. The molecule has 0 radical (unpaired) electrons. The molecule has 4 heteroatoms. The molecule has 2 N–H and O–H groups in total. The van der Waals surface area contributed by atoms with Crippen LogP contribution in [-0.4, -0.2) is 15.6 Å². The molecular formula is C17H15N3O. The van der Waals surface area contributed by atoms with Gasteiger partial charge in [-0.1, -0.05) is 46.6 Å². The Balaban J connectivity index is 0.00000132. The molecular weight excluding hydrogens is 262 g/mol. The molecule has 0 saturated heterocycles. The van der Waals surface area contributed by atoms with E-state index in [1.807, 2.05) is 23.1 Å². The van der Waals surface area contributed by atoms with Crippen molar-refractivity contribution in [1.82, 2.24) is 10.1 Å². The molecule has 0 aliphatic rings. The van der Waals surface area contributed by atoms with Crippen LogP contribution in [0.3, 0.4) is 0 Å². The third-order valence-corrected chi connectivity index (χ3v) is 3.62. The lowest BCUT2D eigenvalue weighted by Gasteiger charge is -1.95. The highest BCUT2D eigenvalue weighted by molar-refractivity contribution is 6.02. The summed E-state index contributed by atoms with van der Waals surface area (Å²) in [5.41, 5.74) is 4.42. The molecule has 0 atom stereocenters. The first-order valence-electron chi connectivity index (χ1n) is 6.66. The van der Waals surface area contributed by atoms with Crippen molar-refractivity contribution in [3.8, 4) is 5.69 Å². The van der Waals surface area contributed by atoms with Crippen molar-refractivity contribution in [2.24, 2.45) is 0 Å². The zero-order chi connectivity index (χ0) is 13.5. The smallest absolute Gasteiger partial charge is 0.235 e. The van der Waals surface area contributed by atoms with E-state index >= 15 is 0 Å². The lowest BCUT2D eigenvalue weighted by atomic mass is 10.1. The largest absolute Gasteiger partial charge is 0.870 e. The van der Waals surface area contributed by atoms with Gasteiger partial charge in [-0.15, -0.1) is 0 Å². The lowest BCUT2D eigenvalue weighted by molar-refractivity contribution is -0.653. The first-order chi connectivity index (χ1) is 9.81. The van der Waals surface area contributed by atoms with Crippen LogP contribution < -0.4 is 4.68 Å². The molecule has 2 aromatic carbocycles. The van der Waals surface area contributed by atoms with Crippen molar-refractivity contribution in [2.75, 3.05) is 0 Å². The fourth-order valence-corrected chi connectivity index (χ4v) is 2.51. The van der Waals surface area contributed by atoms with Gasteiger partial charge in [0.15, 0.2) is 5.52 Å². The molecule has 4 aromatic rings. The van der Waals surface area contributed by atoms with Gasteiger partial charge in [0, 0.05) is 29.1 Å². The quantitative estimate of drug-likeness (QED) is 0.543. The molecule has 0 fully saturated rings. The zero-order valence-corrected chi connectivity index (χ0v) is 11.6. The monoisotopic (exact) mass is 277 g/mol. The minimum absolute atomic E-state index is 0. The molecule has 2 heterocycles. The van der Waals surface area contributed by atoms with E-state index < -0.39 is 0 Å². The molecule has 2 aromatic heterocycles. The minimum atomic E-state index is 0. The summed E-state index contributed by atoms with van der Waals surface area (Å²) in [7, 11) is 0. The number of hydrogen-bond donors (Lipinski definition) is 1. The van der Waals surface area contributed by atoms with E-state index in [-0.39, 0.29) is 5.48 Å². The maximum Gasteiger partial charge on any atom is 0.235 e. The average Bonchev–Trinajstić information content (AvgIpc) is 2.92.